The first kappa shape index (κ1) is 14.9. The zero-order chi connectivity index (χ0) is 12.7. The number of hydrogen-bond donors (Lipinski definition) is 1. The van der Waals surface area contributed by atoms with E-state index in [2.05, 4.69) is 6.92 Å². The molecule has 0 aromatic heterocycles. The summed E-state index contributed by atoms with van der Waals surface area (Å²) >= 11 is 0. The Balaban J connectivity index is 2.24. The van der Waals surface area contributed by atoms with E-state index in [-0.39, 0.29) is 11.7 Å². The summed E-state index contributed by atoms with van der Waals surface area (Å²) in [6, 6.07) is 0. The van der Waals surface area contributed by atoms with Crippen molar-refractivity contribution in [2.75, 3.05) is 13.2 Å². The first-order valence-electron chi connectivity index (χ1n) is 7.06. The fourth-order valence-electron chi connectivity index (χ4n) is 2.48. The molecule has 3 nitrogen and oxygen atoms in total. The molecule has 3 atom stereocenters. The highest BCUT2D eigenvalue weighted by Crippen LogP contribution is 2.25. The quantitative estimate of drug-likeness (QED) is 0.713. The van der Waals surface area contributed by atoms with Crippen LogP contribution in [0.25, 0.3) is 0 Å². The molecule has 0 spiro atoms. The number of hydrogen-bond acceptors (Lipinski definition) is 3. The number of rotatable bonds is 8. The van der Waals surface area contributed by atoms with Gasteiger partial charge in [-0.05, 0) is 52.4 Å². The van der Waals surface area contributed by atoms with Gasteiger partial charge >= 0.3 is 0 Å². The predicted molar refractivity (Wildman–Crippen MR) is 69.2 cm³/mol. The van der Waals surface area contributed by atoms with E-state index in [1.165, 1.54) is 12.8 Å². The van der Waals surface area contributed by atoms with Gasteiger partial charge in [0, 0.05) is 13.2 Å². The Morgan fingerprint density at radius 2 is 2.24 bits per heavy atom. The van der Waals surface area contributed by atoms with E-state index in [1.807, 2.05) is 13.8 Å². The van der Waals surface area contributed by atoms with Gasteiger partial charge in [-0.15, -0.1) is 0 Å². The van der Waals surface area contributed by atoms with Gasteiger partial charge in [-0.25, -0.2) is 0 Å². The van der Waals surface area contributed by atoms with Gasteiger partial charge in [0.25, 0.3) is 0 Å². The number of aliphatic hydroxyl groups is 1. The van der Waals surface area contributed by atoms with Crippen molar-refractivity contribution >= 4 is 0 Å². The van der Waals surface area contributed by atoms with Crippen molar-refractivity contribution in [2.45, 2.75) is 77.1 Å². The molecule has 1 rings (SSSR count). The van der Waals surface area contributed by atoms with Crippen LogP contribution in [0.2, 0.25) is 0 Å². The molecule has 0 aliphatic carbocycles. The molecule has 0 radical (unpaired) electrons. The van der Waals surface area contributed by atoms with Crippen molar-refractivity contribution in [2.24, 2.45) is 0 Å². The van der Waals surface area contributed by atoms with Crippen LogP contribution in [0, 0.1) is 0 Å². The Labute approximate surface area is 105 Å². The molecule has 3 unspecified atom stereocenters. The average molecular weight is 244 g/mol. The van der Waals surface area contributed by atoms with Gasteiger partial charge < -0.3 is 14.6 Å². The van der Waals surface area contributed by atoms with Gasteiger partial charge in [-0.3, -0.25) is 0 Å². The van der Waals surface area contributed by atoms with Gasteiger partial charge in [-0.1, -0.05) is 6.92 Å². The maximum absolute atomic E-state index is 10.2. The van der Waals surface area contributed by atoms with Crippen molar-refractivity contribution in [3.05, 3.63) is 0 Å². The van der Waals surface area contributed by atoms with E-state index in [4.69, 9.17) is 9.47 Å². The molecule has 17 heavy (non-hydrogen) atoms. The third-order valence-corrected chi connectivity index (χ3v) is 3.91. The Morgan fingerprint density at radius 1 is 1.47 bits per heavy atom. The molecule has 102 valence electrons. The fourth-order valence-corrected chi connectivity index (χ4v) is 2.48. The van der Waals surface area contributed by atoms with E-state index in [9.17, 15) is 5.11 Å². The molecular weight excluding hydrogens is 216 g/mol. The molecular formula is C14H28O3. The van der Waals surface area contributed by atoms with E-state index in [0.717, 1.165) is 32.3 Å². The lowest BCUT2D eigenvalue weighted by Gasteiger charge is -2.33. The third kappa shape index (κ3) is 4.57. The lowest BCUT2D eigenvalue weighted by molar-refractivity contribution is -0.114. The molecule has 0 bridgehead atoms. The van der Waals surface area contributed by atoms with Gasteiger partial charge in [0.2, 0.25) is 0 Å². The van der Waals surface area contributed by atoms with Crippen LogP contribution in [0.4, 0.5) is 0 Å². The number of aliphatic hydroxyl groups excluding tert-OH is 1. The zero-order valence-electron chi connectivity index (χ0n) is 11.6. The van der Waals surface area contributed by atoms with Crippen LogP contribution < -0.4 is 0 Å². The number of ether oxygens (including phenoxy) is 2. The lowest BCUT2D eigenvalue weighted by atomic mass is 9.91. The van der Waals surface area contributed by atoms with Gasteiger partial charge in [-0.2, -0.15) is 0 Å². The Hall–Kier alpha value is -0.120. The molecule has 1 heterocycles. The van der Waals surface area contributed by atoms with Gasteiger partial charge in [0.15, 0.2) is 0 Å². The first-order valence-corrected chi connectivity index (χ1v) is 7.06. The highest BCUT2D eigenvalue weighted by Gasteiger charge is 2.31. The normalized spacial score (nSPS) is 25.8. The van der Waals surface area contributed by atoms with E-state index < -0.39 is 0 Å². The summed E-state index contributed by atoms with van der Waals surface area (Å²) in [5.41, 5.74) is -0.384. The summed E-state index contributed by atoms with van der Waals surface area (Å²) in [6.07, 6.45) is 6.20. The van der Waals surface area contributed by atoms with Crippen LogP contribution >= 0.6 is 0 Å². The minimum absolute atomic E-state index is 0.367. The average Bonchev–Trinajstić information content (AvgIpc) is 2.82. The van der Waals surface area contributed by atoms with Crippen molar-refractivity contribution in [1.29, 1.82) is 0 Å². The Kier molecular flexibility index (Phi) is 6.45. The third-order valence-electron chi connectivity index (χ3n) is 3.91. The molecule has 0 saturated carbocycles. The fraction of sp³-hybridized carbons (Fsp3) is 1.00. The van der Waals surface area contributed by atoms with E-state index >= 15 is 0 Å². The maximum Gasteiger partial charge on any atom is 0.0909 e. The summed E-state index contributed by atoms with van der Waals surface area (Å²) in [7, 11) is 0. The van der Waals surface area contributed by atoms with Crippen molar-refractivity contribution in [3.63, 3.8) is 0 Å². The Bertz CT molecular complexity index is 202. The maximum atomic E-state index is 10.2. The highest BCUT2D eigenvalue weighted by atomic mass is 16.5. The SMILES string of the molecule is CCOC(C)(CC)C(O)CCCC1CCCO1. The van der Waals surface area contributed by atoms with Crippen molar-refractivity contribution in [1.82, 2.24) is 0 Å². The summed E-state index contributed by atoms with van der Waals surface area (Å²) in [5.74, 6) is 0. The smallest absolute Gasteiger partial charge is 0.0909 e. The van der Waals surface area contributed by atoms with Gasteiger partial charge in [0.1, 0.15) is 0 Å². The predicted octanol–water partition coefficient (Wildman–Crippen LogP) is 2.90. The highest BCUT2D eigenvalue weighted by molar-refractivity contribution is 4.83. The summed E-state index contributed by atoms with van der Waals surface area (Å²) in [6.45, 7) is 7.63. The largest absolute Gasteiger partial charge is 0.390 e. The molecule has 3 heteroatoms. The summed E-state index contributed by atoms with van der Waals surface area (Å²) in [5, 5.41) is 10.2. The second-order valence-electron chi connectivity index (χ2n) is 5.18. The minimum atomic E-state index is -0.384. The van der Waals surface area contributed by atoms with E-state index in [1.54, 1.807) is 0 Å². The molecule has 0 amide bonds. The molecule has 1 saturated heterocycles. The van der Waals surface area contributed by atoms with Crippen LogP contribution in [0.1, 0.15) is 59.3 Å². The summed E-state index contributed by atoms with van der Waals surface area (Å²) in [4.78, 5) is 0. The topological polar surface area (TPSA) is 38.7 Å². The van der Waals surface area contributed by atoms with Crippen molar-refractivity contribution in [3.8, 4) is 0 Å². The van der Waals surface area contributed by atoms with Crippen LogP contribution in [0.3, 0.4) is 0 Å². The lowest BCUT2D eigenvalue weighted by Crippen LogP contribution is -2.41. The second kappa shape index (κ2) is 7.34. The second-order valence-corrected chi connectivity index (χ2v) is 5.18. The zero-order valence-corrected chi connectivity index (χ0v) is 11.6. The molecule has 1 aliphatic heterocycles. The Morgan fingerprint density at radius 3 is 2.76 bits per heavy atom. The molecule has 0 aromatic rings. The van der Waals surface area contributed by atoms with Gasteiger partial charge in [0.05, 0.1) is 17.8 Å². The molecule has 1 fully saturated rings. The first-order chi connectivity index (χ1) is 8.12. The van der Waals surface area contributed by atoms with E-state index in [0.29, 0.717) is 12.7 Å². The summed E-state index contributed by atoms with van der Waals surface area (Å²) < 4.78 is 11.3. The van der Waals surface area contributed by atoms with Crippen LogP contribution in [0.5, 0.6) is 0 Å². The van der Waals surface area contributed by atoms with Crippen LogP contribution in [-0.2, 0) is 9.47 Å². The monoisotopic (exact) mass is 244 g/mol. The standard InChI is InChI=1S/C14H28O3/c1-4-14(3,17-5-2)13(15)10-6-8-12-9-7-11-16-12/h12-13,15H,4-11H2,1-3H3. The molecule has 1 N–H and O–H groups in total. The molecule has 0 aromatic carbocycles. The molecule has 1 aliphatic rings. The van der Waals surface area contributed by atoms with Crippen molar-refractivity contribution < 1.29 is 14.6 Å². The van der Waals surface area contributed by atoms with Crippen LogP contribution in [0.15, 0.2) is 0 Å². The van der Waals surface area contributed by atoms with Crippen LogP contribution in [-0.4, -0.2) is 36.1 Å². The minimum Gasteiger partial charge on any atom is -0.390 e.